The van der Waals surface area contributed by atoms with Gasteiger partial charge in [-0.2, -0.15) is 0 Å². The Morgan fingerprint density at radius 1 is 0.964 bits per heavy atom. The van der Waals surface area contributed by atoms with Gasteiger partial charge in [-0.15, -0.1) is 0 Å². The van der Waals surface area contributed by atoms with Crippen molar-refractivity contribution >= 4 is 5.82 Å². The second-order valence-electron chi connectivity index (χ2n) is 6.00. The highest BCUT2D eigenvalue weighted by molar-refractivity contribution is 5.43. The van der Waals surface area contributed by atoms with E-state index in [2.05, 4.69) is 10.3 Å². The summed E-state index contributed by atoms with van der Waals surface area (Å²) in [7, 11) is 4.86. The van der Waals surface area contributed by atoms with E-state index in [0.29, 0.717) is 18.8 Å². The van der Waals surface area contributed by atoms with Crippen LogP contribution < -0.4 is 25.1 Å². The van der Waals surface area contributed by atoms with Crippen LogP contribution in [0.3, 0.4) is 0 Å². The molecule has 146 valence electrons. The molecule has 1 aromatic heterocycles. The zero-order chi connectivity index (χ0) is 19.9. The molecule has 0 saturated carbocycles. The number of aromatic nitrogens is 2. The van der Waals surface area contributed by atoms with E-state index >= 15 is 0 Å². The molecule has 28 heavy (non-hydrogen) atoms. The molecule has 0 aliphatic heterocycles. The third kappa shape index (κ3) is 4.25. The van der Waals surface area contributed by atoms with Gasteiger partial charge >= 0.3 is 0 Å². The van der Waals surface area contributed by atoms with Crippen LogP contribution in [-0.4, -0.2) is 37.4 Å². The van der Waals surface area contributed by atoms with Gasteiger partial charge in [0, 0.05) is 24.6 Å². The van der Waals surface area contributed by atoms with Crippen molar-refractivity contribution < 1.29 is 14.2 Å². The highest BCUT2D eigenvalue weighted by Crippen LogP contribution is 2.24. The number of anilines is 1. The molecule has 1 heterocycles. The molecule has 0 radical (unpaired) electrons. The van der Waals surface area contributed by atoms with E-state index in [1.807, 2.05) is 42.5 Å². The molecule has 3 rings (SSSR count). The van der Waals surface area contributed by atoms with Crippen LogP contribution in [0.5, 0.6) is 17.2 Å². The van der Waals surface area contributed by atoms with Gasteiger partial charge in [-0.25, -0.2) is 4.98 Å². The van der Waals surface area contributed by atoms with Crippen LogP contribution in [0.1, 0.15) is 5.56 Å². The van der Waals surface area contributed by atoms with Crippen molar-refractivity contribution in [2.24, 2.45) is 0 Å². The van der Waals surface area contributed by atoms with E-state index in [9.17, 15) is 4.79 Å². The Kier molecular flexibility index (Phi) is 6.16. The summed E-state index contributed by atoms with van der Waals surface area (Å²) < 4.78 is 17.4. The van der Waals surface area contributed by atoms with E-state index in [1.165, 1.54) is 0 Å². The molecule has 0 saturated heterocycles. The summed E-state index contributed by atoms with van der Waals surface area (Å²) >= 11 is 0. The predicted octanol–water partition coefficient (Wildman–Crippen LogP) is 2.91. The summed E-state index contributed by atoms with van der Waals surface area (Å²) in [5.74, 6) is 2.56. The fourth-order valence-corrected chi connectivity index (χ4v) is 2.87. The summed E-state index contributed by atoms with van der Waals surface area (Å²) in [5.41, 5.74) is 1.51. The average Bonchev–Trinajstić information content (AvgIpc) is 2.75. The van der Waals surface area contributed by atoms with Crippen LogP contribution in [0.15, 0.2) is 59.7 Å². The summed E-state index contributed by atoms with van der Waals surface area (Å²) in [6.07, 6.45) is 3.89. The molecule has 7 heteroatoms. The highest BCUT2D eigenvalue weighted by atomic mass is 16.5. The normalized spacial score (nSPS) is 10.4. The van der Waals surface area contributed by atoms with Gasteiger partial charge in [-0.05, 0) is 54.4 Å². The molecule has 0 unspecified atom stereocenters. The van der Waals surface area contributed by atoms with E-state index < -0.39 is 0 Å². The predicted molar refractivity (Wildman–Crippen MR) is 108 cm³/mol. The molecule has 1 N–H and O–H groups in total. The first kappa shape index (κ1) is 19.3. The van der Waals surface area contributed by atoms with Gasteiger partial charge in [0.15, 0.2) is 5.82 Å². The maximum Gasteiger partial charge on any atom is 0.297 e. The quantitative estimate of drug-likeness (QED) is 0.647. The van der Waals surface area contributed by atoms with Crippen molar-refractivity contribution in [3.8, 4) is 22.9 Å². The van der Waals surface area contributed by atoms with E-state index in [1.54, 1.807) is 38.3 Å². The summed E-state index contributed by atoms with van der Waals surface area (Å²) in [6.45, 7) is 0.526. The van der Waals surface area contributed by atoms with Gasteiger partial charge in [-0.1, -0.05) is 0 Å². The van der Waals surface area contributed by atoms with Gasteiger partial charge in [0.05, 0.1) is 21.3 Å². The number of hydrogen-bond acceptors (Lipinski definition) is 6. The first-order chi connectivity index (χ1) is 13.7. The van der Waals surface area contributed by atoms with Crippen molar-refractivity contribution in [1.82, 2.24) is 9.55 Å². The molecule has 0 fully saturated rings. The van der Waals surface area contributed by atoms with Gasteiger partial charge in [0.25, 0.3) is 5.56 Å². The number of hydrogen-bond donors (Lipinski definition) is 1. The van der Waals surface area contributed by atoms with Crippen molar-refractivity contribution in [1.29, 1.82) is 0 Å². The molecule has 0 aliphatic carbocycles. The standard InChI is InChI=1S/C21H23N3O4/c1-26-17-6-4-16(5-7-17)24-13-12-23-20(21(24)25)22-11-10-15-14-18(27-2)8-9-19(15)28-3/h4-9,12-14H,10-11H2,1-3H3,(H,22,23). The first-order valence-electron chi connectivity index (χ1n) is 8.83. The minimum Gasteiger partial charge on any atom is -0.497 e. The summed E-state index contributed by atoms with van der Waals surface area (Å²) in [4.78, 5) is 16.9. The number of nitrogens with zero attached hydrogens (tertiary/aromatic N) is 2. The van der Waals surface area contributed by atoms with Crippen LogP contribution in [0.25, 0.3) is 5.69 Å². The highest BCUT2D eigenvalue weighted by Gasteiger charge is 2.09. The van der Waals surface area contributed by atoms with Gasteiger partial charge in [0.2, 0.25) is 0 Å². The fourth-order valence-electron chi connectivity index (χ4n) is 2.87. The Morgan fingerprint density at radius 2 is 1.68 bits per heavy atom. The monoisotopic (exact) mass is 381 g/mol. The molecule has 0 atom stereocenters. The largest absolute Gasteiger partial charge is 0.497 e. The van der Waals surface area contributed by atoms with Gasteiger partial charge < -0.3 is 19.5 Å². The lowest BCUT2D eigenvalue weighted by Crippen LogP contribution is -2.24. The van der Waals surface area contributed by atoms with E-state index in [0.717, 1.165) is 28.5 Å². The number of methoxy groups -OCH3 is 3. The Hall–Kier alpha value is -3.48. The zero-order valence-electron chi connectivity index (χ0n) is 16.1. The van der Waals surface area contributed by atoms with Gasteiger partial charge in [-0.3, -0.25) is 9.36 Å². The molecular formula is C21H23N3O4. The third-order valence-corrected chi connectivity index (χ3v) is 4.37. The smallest absolute Gasteiger partial charge is 0.297 e. The fraction of sp³-hybridized carbons (Fsp3) is 0.238. The van der Waals surface area contributed by atoms with Crippen LogP contribution in [0, 0.1) is 0 Å². The lowest BCUT2D eigenvalue weighted by Gasteiger charge is -2.12. The first-order valence-corrected chi connectivity index (χ1v) is 8.83. The topological polar surface area (TPSA) is 74.6 Å². The lowest BCUT2D eigenvalue weighted by molar-refractivity contribution is 0.399. The van der Waals surface area contributed by atoms with Crippen molar-refractivity contribution in [2.75, 3.05) is 33.2 Å². The van der Waals surface area contributed by atoms with Gasteiger partial charge in [0.1, 0.15) is 17.2 Å². The second-order valence-corrected chi connectivity index (χ2v) is 6.00. The van der Waals surface area contributed by atoms with Crippen LogP contribution >= 0.6 is 0 Å². The van der Waals surface area contributed by atoms with Crippen molar-refractivity contribution in [2.45, 2.75) is 6.42 Å². The molecule has 2 aromatic carbocycles. The molecule has 3 aromatic rings. The van der Waals surface area contributed by atoms with E-state index in [4.69, 9.17) is 14.2 Å². The second kappa shape index (κ2) is 8.94. The Bertz CT molecular complexity index is 984. The lowest BCUT2D eigenvalue weighted by atomic mass is 10.1. The average molecular weight is 381 g/mol. The summed E-state index contributed by atoms with van der Waals surface area (Å²) in [6, 6.07) is 12.9. The Balaban J connectivity index is 1.74. The number of benzene rings is 2. The number of ether oxygens (including phenoxy) is 3. The maximum absolute atomic E-state index is 12.8. The Labute approximate surface area is 163 Å². The minimum absolute atomic E-state index is 0.217. The third-order valence-electron chi connectivity index (χ3n) is 4.37. The SMILES string of the molecule is COc1ccc(-n2ccnc(NCCc3cc(OC)ccc3OC)c2=O)cc1. The molecule has 7 nitrogen and oxygen atoms in total. The number of rotatable bonds is 8. The van der Waals surface area contributed by atoms with Crippen molar-refractivity contribution in [3.63, 3.8) is 0 Å². The van der Waals surface area contributed by atoms with Crippen molar-refractivity contribution in [3.05, 3.63) is 70.8 Å². The van der Waals surface area contributed by atoms with E-state index in [-0.39, 0.29) is 5.56 Å². The van der Waals surface area contributed by atoms with Crippen LogP contribution in [-0.2, 0) is 6.42 Å². The van der Waals surface area contributed by atoms with Crippen LogP contribution in [0.4, 0.5) is 5.82 Å². The zero-order valence-corrected chi connectivity index (χ0v) is 16.1. The minimum atomic E-state index is -0.217. The molecule has 0 bridgehead atoms. The Morgan fingerprint density at radius 3 is 2.36 bits per heavy atom. The molecule has 0 spiro atoms. The maximum atomic E-state index is 12.8. The van der Waals surface area contributed by atoms with Crippen LogP contribution in [0.2, 0.25) is 0 Å². The number of nitrogens with one attached hydrogen (secondary N) is 1. The summed E-state index contributed by atoms with van der Waals surface area (Å²) in [5, 5.41) is 3.12. The molecule has 0 aliphatic rings. The molecular weight excluding hydrogens is 358 g/mol. The molecule has 0 amide bonds.